The van der Waals surface area contributed by atoms with Crippen LogP contribution in [-0.2, 0) is 4.79 Å². The van der Waals surface area contributed by atoms with Gasteiger partial charge in [0.15, 0.2) is 0 Å². The summed E-state index contributed by atoms with van der Waals surface area (Å²) in [5.74, 6) is -0.0686. The molecule has 1 aromatic heterocycles. The largest absolute Gasteiger partial charge is 0.336 e. The summed E-state index contributed by atoms with van der Waals surface area (Å²) in [6.45, 7) is 2.74. The van der Waals surface area contributed by atoms with Crippen molar-refractivity contribution in [1.29, 1.82) is 5.26 Å². The second kappa shape index (κ2) is 9.13. The third-order valence-corrected chi connectivity index (χ3v) is 5.24. The van der Waals surface area contributed by atoms with Gasteiger partial charge in [-0.15, -0.1) is 11.3 Å². The van der Waals surface area contributed by atoms with Crippen LogP contribution in [0, 0.1) is 18.3 Å². The van der Waals surface area contributed by atoms with Crippen LogP contribution in [0.5, 0.6) is 0 Å². The molecule has 4 nitrogen and oxygen atoms in total. The fourth-order valence-corrected chi connectivity index (χ4v) is 3.72. The highest BCUT2D eigenvalue weighted by Crippen LogP contribution is 2.22. The first-order valence-corrected chi connectivity index (χ1v) is 9.77. The van der Waals surface area contributed by atoms with E-state index in [1.807, 2.05) is 23.6 Å². The van der Waals surface area contributed by atoms with E-state index in [0.29, 0.717) is 23.5 Å². The predicted molar refractivity (Wildman–Crippen MR) is 109 cm³/mol. The number of thiophene rings is 1. The van der Waals surface area contributed by atoms with E-state index in [1.165, 1.54) is 28.0 Å². The standard InChI is InChI=1S/C22H21N3OS/c1-16-7-9-18(10-8-16)21(17-5-3-2-4-6-17)24-13-11-20(26)25-22-19(15-23)12-14-27-22/h2-10,12,14,21,24H,11,13H2,1H3,(H,25,26)/p+1/t21-/m0/s1. The highest BCUT2D eigenvalue weighted by Gasteiger charge is 2.18. The number of nitrogens with zero attached hydrogens (tertiary/aromatic N) is 1. The lowest BCUT2D eigenvalue weighted by atomic mass is 9.98. The Morgan fingerprint density at radius 2 is 1.81 bits per heavy atom. The Balaban J connectivity index is 1.64. The number of carbonyl (C=O) groups is 1. The number of nitrogens with two attached hydrogens (primary N) is 1. The lowest BCUT2D eigenvalue weighted by Crippen LogP contribution is -2.85. The average molecular weight is 377 g/mol. The fourth-order valence-electron chi connectivity index (χ4n) is 2.96. The average Bonchev–Trinajstić information content (AvgIpc) is 3.14. The van der Waals surface area contributed by atoms with Crippen LogP contribution < -0.4 is 10.6 Å². The third-order valence-electron chi connectivity index (χ3n) is 4.41. The molecular formula is C22H22N3OS+. The van der Waals surface area contributed by atoms with E-state index >= 15 is 0 Å². The Morgan fingerprint density at radius 1 is 1.11 bits per heavy atom. The Labute approximate surface area is 163 Å². The monoisotopic (exact) mass is 376 g/mol. The summed E-state index contributed by atoms with van der Waals surface area (Å²) in [6.07, 6.45) is 0.387. The number of benzene rings is 2. The Morgan fingerprint density at radius 3 is 2.52 bits per heavy atom. The molecule has 1 amide bonds. The topological polar surface area (TPSA) is 69.5 Å². The minimum atomic E-state index is -0.0686. The van der Waals surface area contributed by atoms with Crippen LogP contribution in [0.3, 0.4) is 0 Å². The predicted octanol–water partition coefficient (Wildman–Crippen LogP) is 3.61. The molecular weight excluding hydrogens is 354 g/mol. The van der Waals surface area contributed by atoms with Crippen molar-refractivity contribution in [3.05, 3.63) is 88.3 Å². The van der Waals surface area contributed by atoms with Gasteiger partial charge in [0, 0.05) is 11.1 Å². The molecule has 2 aromatic carbocycles. The zero-order valence-corrected chi connectivity index (χ0v) is 16.0. The van der Waals surface area contributed by atoms with Crippen LogP contribution in [0.15, 0.2) is 66.0 Å². The normalized spacial score (nSPS) is 11.6. The zero-order valence-electron chi connectivity index (χ0n) is 15.2. The Kier molecular flexibility index (Phi) is 6.37. The number of anilines is 1. The van der Waals surface area contributed by atoms with Crippen molar-refractivity contribution >= 4 is 22.2 Å². The van der Waals surface area contributed by atoms with Crippen molar-refractivity contribution in [2.75, 3.05) is 11.9 Å². The summed E-state index contributed by atoms with van der Waals surface area (Å²) in [5.41, 5.74) is 4.18. The molecule has 0 saturated heterocycles. The van der Waals surface area contributed by atoms with Crippen LogP contribution in [-0.4, -0.2) is 12.5 Å². The van der Waals surface area contributed by atoms with Gasteiger partial charge in [-0.1, -0.05) is 60.2 Å². The number of amides is 1. The van der Waals surface area contributed by atoms with Gasteiger partial charge in [-0.05, 0) is 18.4 Å². The van der Waals surface area contributed by atoms with Gasteiger partial charge in [0.25, 0.3) is 0 Å². The second-order valence-electron chi connectivity index (χ2n) is 6.40. The number of aryl methyl sites for hydroxylation is 1. The van der Waals surface area contributed by atoms with Crippen LogP contribution >= 0.6 is 11.3 Å². The molecule has 0 radical (unpaired) electrons. The summed E-state index contributed by atoms with van der Waals surface area (Å²) in [6, 6.07) is 22.8. The van der Waals surface area contributed by atoms with Crippen molar-refractivity contribution in [2.24, 2.45) is 0 Å². The summed E-state index contributed by atoms with van der Waals surface area (Å²) in [4.78, 5) is 12.2. The number of carbonyl (C=O) groups excluding carboxylic acids is 1. The molecule has 3 rings (SSSR count). The van der Waals surface area contributed by atoms with Crippen molar-refractivity contribution in [2.45, 2.75) is 19.4 Å². The molecule has 3 N–H and O–H groups in total. The van der Waals surface area contributed by atoms with Crippen LogP contribution in [0.4, 0.5) is 5.00 Å². The molecule has 0 bridgehead atoms. The van der Waals surface area contributed by atoms with Crippen LogP contribution in [0.1, 0.15) is 34.7 Å². The van der Waals surface area contributed by atoms with Crippen LogP contribution in [0.2, 0.25) is 0 Å². The lowest BCUT2D eigenvalue weighted by molar-refractivity contribution is -0.686. The molecule has 0 aliphatic rings. The molecule has 27 heavy (non-hydrogen) atoms. The van der Waals surface area contributed by atoms with E-state index in [1.54, 1.807) is 6.07 Å². The van der Waals surface area contributed by atoms with Gasteiger partial charge in [0.2, 0.25) is 5.91 Å². The SMILES string of the molecule is Cc1ccc([C@@H]([NH2+]CCC(=O)Nc2sccc2C#N)c2ccccc2)cc1. The Bertz CT molecular complexity index is 926. The molecule has 0 fully saturated rings. The maximum absolute atomic E-state index is 12.2. The summed E-state index contributed by atoms with van der Waals surface area (Å²) < 4.78 is 0. The highest BCUT2D eigenvalue weighted by molar-refractivity contribution is 7.14. The van der Waals surface area contributed by atoms with Gasteiger partial charge < -0.3 is 10.6 Å². The third kappa shape index (κ3) is 5.04. The molecule has 0 unspecified atom stereocenters. The van der Waals surface area contributed by atoms with Gasteiger partial charge in [0.05, 0.1) is 18.5 Å². The smallest absolute Gasteiger partial charge is 0.230 e. The molecule has 0 aliphatic carbocycles. The molecule has 136 valence electrons. The molecule has 3 aromatic rings. The maximum Gasteiger partial charge on any atom is 0.230 e. The minimum absolute atomic E-state index is 0.0686. The van der Waals surface area contributed by atoms with Crippen molar-refractivity contribution in [3.63, 3.8) is 0 Å². The number of hydrogen-bond acceptors (Lipinski definition) is 3. The van der Waals surface area contributed by atoms with Gasteiger partial charge in [-0.2, -0.15) is 5.26 Å². The van der Waals surface area contributed by atoms with Gasteiger partial charge in [-0.25, -0.2) is 0 Å². The van der Waals surface area contributed by atoms with E-state index in [2.05, 4.69) is 60.0 Å². The van der Waals surface area contributed by atoms with Gasteiger partial charge in [0.1, 0.15) is 17.1 Å². The molecule has 5 heteroatoms. The second-order valence-corrected chi connectivity index (χ2v) is 7.31. The lowest BCUT2D eigenvalue weighted by Gasteiger charge is -2.17. The van der Waals surface area contributed by atoms with E-state index in [4.69, 9.17) is 5.26 Å². The quantitative estimate of drug-likeness (QED) is 0.661. The zero-order chi connectivity index (χ0) is 19.1. The van der Waals surface area contributed by atoms with Crippen molar-refractivity contribution in [3.8, 4) is 6.07 Å². The first kappa shape index (κ1) is 18.8. The van der Waals surface area contributed by atoms with E-state index in [9.17, 15) is 4.79 Å². The molecule has 0 aliphatic heterocycles. The number of nitriles is 1. The molecule has 1 heterocycles. The number of quaternary nitrogens is 1. The van der Waals surface area contributed by atoms with Crippen LogP contribution in [0.25, 0.3) is 0 Å². The van der Waals surface area contributed by atoms with E-state index in [0.717, 1.165) is 0 Å². The summed E-state index contributed by atoms with van der Waals surface area (Å²) in [5, 5.41) is 16.5. The minimum Gasteiger partial charge on any atom is -0.336 e. The van der Waals surface area contributed by atoms with Gasteiger partial charge >= 0.3 is 0 Å². The number of rotatable bonds is 7. The van der Waals surface area contributed by atoms with Crippen molar-refractivity contribution < 1.29 is 10.1 Å². The molecule has 1 atom stereocenters. The maximum atomic E-state index is 12.2. The van der Waals surface area contributed by atoms with E-state index in [-0.39, 0.29) is 11.9 Å². The summed E-state index contributed by atoms with van der Waals surface area (Å²) >= 11 is 1.37. The summed E-state index contributed by atoms with van der Waals surface area (Å²) in [7, 11) is 0. The number of nitrogens with one attached hydrogen (secondary N) is 1. The first-order chi connectivity index (χ1) is 13.2. The Hall–Kier alpha value is -2.94. The number of hydrogen-bond donors (Lipinski definition) is 2. The van der Waals surface area contributed by atoms with Crippen molar-refractivity contribution in [1.82, 2.24) is 0 Å². The first-order valence-electron chi connectivity index (χ1n) is 8.89. The van der Waals surface area contributed by atoms with E-state index < -0.39 is 0 Å². The fraction of sp³-hybridized carbons (Fsp3) is 0.182. The van der Waals surface area contributed by atoms with Gasteiger partial charge in [-0.3, -0.25) is 4.79 Å². The highest BCUT2D eigenvalue weighted by atomic mass is 32.1. The molecule has 0 saturated carbocycles. The molecule has 0 spiro atoms.